The number of hydrogen-bond donors (Lipinski definition) is 3. The molecular weight excluding hydrogens is 248 g/mol. The molecule has 7 heteroatoms. The topological polar surface area (TPSA) is 110 Å². The first-order chi connectivity index (χ1) is 9.10. The van der Waals surface area contributed by atoms with Crippen molar-refractivity contribution in [3.8, 4) is 0 Å². The minimum absolute atomic E-state index is 0.131. The minimum Gasteiger partial charge on any atom is -0.466 e. The number of rotatable bonds is 7. The number of nitrogens with two attached hydrogens (primary N) is 1. The van der Waals surface area contributed by atoms with Crippen LogP contribution in [0.3, 0.4) is 0 Å². The van der Waals surface area contributed by atoms with Crippen LogP contribution in [0.25, 0.3) is 0 Å². The molecule has 1 aromatic rings. The van der Waals surface area contributed by atoms with Gasteiger partial charge in [0.2, 0.25) is 0 Å². The van der Waals surface area contributed by atoms with Crippen LogP contribution in [-0.4, -0.2) is 35.2 Å². The molecule has 0 fully saturated rings. The molecule has 1 amide bonds. The van der Waals surface area contributed by atoms with Crippen molar-refractivity contribution in [3.05, 3.63) is 11.4 Å². The SMILES string of the molecule is CCCc1[nH]nc(C(=O)NCCC(=O)OCC)c1N. The number of nitrogens with one attached hydrogen (secondary N) is 2. The molecule has 0 aliphatic rings. The van der Waals surface area contributed by atoms with Crippen molar-refractivity contribution in [2.24, 2.45) is 0 Å². The van der Waals surface area contributed by atoms with E-state index in [1.54, 1.807) is 6.92 Å². The van der Waals surface area contributed by atoms with Gasteiger partial charge in [-0.1, -0.05) is 13.3 Å². The van der Waals surface area contributed by atoms with Crippen molar-refractivity contribution >= 4 is 17.6 Å². The van der Waals surface area contributed by atoms with E-state index in [-0.39, 0.29) is 30.5 Å². The molecule has 0 unspecified atom stereocenters. The number of anilines is 1. The van der Waals surface area contributed by atoms with Crippen LogP contribution in [0.15, 0.2) is 0 Å². The van der Waals surface area contributed by atoms with E-state index in [0.29, 0.717) is 12.3 Å². The Labute approximate surface area is 111 Å². The normalized spacial score (nSPS) is 10.2. The molecule has 1 heterocycles. The molecular formula is C12H20N4O3. The summed E-state index contributed by atoms with van der Waals surface area (Å²) in [5.74, 6) is -0.732. The van der Waals surface area contributed by atoms with Crippen molar-refractivity contribution in [1.29, 1.82) is 0 Å². The Hall–Kier alpha value is -2.05. The second-order valence-electron chi connectivity index (χ2n) is 4.03. The van der Waals surface area contributed by atoms with Crippen LogP contribution in [0.5, 0.6) is 0 Å². The van der Waals surface area contributed by atoms with E-state index in [0.717, 1.165) is 18.5 Å². The van der Waals surface area contributed by atoms with Crippen LogP contribution in [0.1, 0.15) is 42.9 Å². The van der Waals surface area contributed by atoms with E-state index in [9.17, 15) is 9.59 Å². The zero-order chi connectivity index (χ0) is 14.3. The molecule has 0 bridgehead atoms. The summed E-state index contributed by atoms with van der Waals surface area (Å²) in [5.41, 5.74) is 7.13. The van der Waals surface area contributed by atoms with Gasteiger partial charge in [-0.15, -0.1) is 0 Å². The maximum absolute atomic E-state index is 11.8. The Morgan fingerprint density at radius 1 is 1.42 bits per heavy atom. The molecule has 0 aliphatic heterocycles. The molecule has 0 saturated carbocycles. The van der Waals surface area contributed by atoms with E-state index in [4.69, 9.17) is 10.5 Å². The molecule has 1 rings (SSSR count). The average Bonchev–Trinajstić information content (AvgIpc) is 2.72. The zero-order valence-corrected chi connectivity index (χ0v) is 11.3. The highest BCUT2D eigenvalue weighted by molar-refractivity contribution is 5.97. The van der Waals surface area contributed by atoms with E-state index < -0.39 is 0 Å². The van der Waals surface area contributed by atoms with Crippen molar-refractivity contribution in [1.82, 2.24) is 15.5 Å². The van der Waals surface area contributed by atoms with E-state index in [1.165, 1.54) is 0 Å². The lowest BCUT2D eigenvalue weighted by atomic mass is 10.2. The second kappa shape index (κ2) is 7.40. The van der Waals surface area contributed by atoms with Gasteiger partial charge in [-0.05, 0) is 13.3 Å². The fourth-order valence-corrected chi connectivity index (χ4v) is 1.60. The zero-order valence-electron chi connectivity index (χ0n) is 11.3. The Bertz CT molecular complexity index is 442. The third-order valence-corrected chi connectivity index (χ3v) is 2.52. The van der Waals surface area contributed by atoms with Crippen molar-refractivity contribution < 1.29 is 14.3 Å². The molecule has 19 heavy (non-hydrogen) atoms. The number of aryl methyl sites for hydroxylation is 1. The maximum Gasteiger partial charge on any atom is 0.307 e. The lowest BCUT2D eigenvalue weighted by Crippen LogP contribution is -2.27. The summed E-state index contributed by atoms with van der Waals surface area (Å²) < 4.78 is 4.75. The molecule has 0 spiro atoms. The van der Waals surface area contributed by atoms with Crippen molar-refractivity contribution in [2.45, 2.75) is 33.1 Å². The number of ether oxygens (including phenoxy) is 1. The average molecular weight is 268 g/mol. The lowest BCUT2D eigenvalue weighted by Gasteiger charge is -2.04. The van der Waals surface area contributed by atoms with Gasteiger partial charge >= 0.3 is 5.97 Å². The number of hydrogen-bond acceptors (Lipinski definition) is 5. The summed E-state index contributed by atoms with van der Waals surface area (Å²) in [4.78, 5) is 22.9. The Morgan fingerprint density at radius 3 is 2.79 bits per heavy atom. The number of H-pyrrole nitrogens is 1. The maximum atomic E-state index is 11.8. The number of amides is 1. The van der Waals surface area contributed by atoms with Crippen LogP contribution in [-0.2, 0) is 16.0 Å². The Balaban J connectivity index is 2.47. The highest BCUT2D eigenvalue weighted by atomic mass is 16.5. The van der Waals surface area contributed by atoms with Gasteiger partial charge < -0.3 is 15.8 Å². The molecule has 0 radical (unpaired) electrons. The second-order valence-corrected chi connectivity index (χ2v) is 4.03. The van der Waals surface area contributed by atoms with Gasteiger partial charge in [-0.3, -0.25) is 14.7 Å². The van der Waals surface area contributed by atoms with E-state index >= 15 is 0 Å². The third-order valence-electron chi connectivity index (χ3n) is 2.52. The summed E-state index contributed by atoms with van der Waals surface area (Å²) in [6.07, 6.45) is 1.79. The van der Waals surface area contributed by atoms with Gasteiger partial charge in [0.05, 0.1) is 24.4 Å². The molecule has 1 aromatic heterocycles. The van der Waals surface area contributed by atoms with E-state index in [2.05, 4.69) is 15.5 Å². The number of nitrogens with zero attached hydrogens (tertiary/aromatic N) is 1. The smallest absolute Gasteiger partial charge is 0.307 e. The van der Waals surface area contributed by atoms with Gasteiger partial charge in [-0.25, -0.2) is 0 Å². The predicted molar refractivity (Wildman–Crippen MR) is 70.6 cm³/mol. The molecule has 0 saturated heterocycles. The summed E-state index contributed by atoms with van der Waals surface area (Å²) in [7, 11) is 0. The molecule has 0 aromatic carbocycles. The Kier molecular flexibility index (Phi) is 5.84. The quantitative estimate of drug-likeness (QED) is 0.628. The molecule has 0 aliphatic carbocycles. The van der Waals surface area contributed by atoms with Crippen LogP contribution in [0.4, 0.5) is 5.69 Å². The first kappa shape index (κ1) is 15.0. The van der Waals surface area contributed by atoms with E-state index in [1.807, 2.05) is 6.92 Å². The fourth-order valence-electron chi connectivity index (χ4n) is 1.60. The van der Waals surface area contributed by atoms with Crippen LogP contribution in [0.2, 0.25) is 0 Å². The summed E-state index contributed by atoms with van der Waals surface area (Å²) in [6.45, 7) is 4.28. The first-order valence-electron chi connectivity index (χ1n) is 6.36. The fraction of sp³-hybridized carbons (Fsp3) is 0.583. The number of esters is 1. The van der Waals surface area contributed by atoms with Crippen molar-refractivity contribution in [2.75, 3.05) is 18.9 Å². The molecule has 106 valence electrons. The minimum atomic E-state index is -0.389. The third kappa shape index (κ3) is 4.27. The summed E-state index contributed by atoms with van der Waals surface area (Å²) in [5, 5.41) is 9.22. The lowest BCUT2D eigenvalue weighted by molar-refractivity contribution is -0.142. The largest absolute Gasteiger partial charge is 0.466 e. The Morgan fingerprint density at radius 2 is 2.16 bits per heavy atom. The highest BCUT2D eigenvalue weighted by Crippen LogP contribution is 2.15. The standard InChI is InChI=1S/C12H20N4O3/c1-3-5-8-10(13)11(16-15-8)12(18)14-7-6-9(17)19-4-2/h3-7,13H2,1-2H3,(H,14,18)(H,15,16). The molecule has 4 N–H and O–H groups in total. The summed E-state index contributed by atoms with van der Waals surface area (Å²) >= 11 is 0. The first-order valence-corrected chi connectivity index (χ1v) is 6.36. The van der Waals surface area contributed by atoms with Gasteiger partial charge in [-0.2, -0.15) is 5.10 Å². The van der Waals surface area contributed by atoms with Crippen LogP contribution in [0, 0.1) is 0 Å². The monoisotopic (exact) mass is 268 g/mol. The van der Waals surface area contributed by atoms with Crippen LogP contribution < -0.4 is 11.1 Å². The number of carbonyl (C=O) groups is 2. The number of aromatic amines is 1. The predicted octanol–water partition coefficient (Wildman–Crippen LogP) is 0.627. The number of carbonyl (C=O) groups excluding carboxylic acids is 2. The highest BCUT2D eigenvalue weighted by Gasteiger charge is 2.16. The number of aromatic nitrogens is 2. The van der Waals surface area contributed by atoms with Crippen molar-refractivity contribution in [3.63, 3.8) is 0 Å². The van der Waals surface area contributed by atoms with Crippen LogP contribution >= 0.6 is 0 Å². The van der Waals surface area contributed by atoms with Gasteiger partial charge in [0.1, 0.15) is 0 Å². The molecule has 0 atom stereocenters. The van der Waals surface area contributed by atoms with Gasteiger partial charge in [0, 0.05) is 6.54 Å². The summed E-state index contributed by atoms with van der Waals surface area (Å²) in [6, 6.07) is 0. The van der Waals surface area contributed by atoms with Gasteiger partial charge in [0.25, 0.3) is 5.91 Å². The van der Waals surface area contributed by atoms with Gasteiger partial charge in [0.15, 0.2) is 5.69 Å². The number of nitrogen functional groups attached to an aromatic ring is 1. The molecule has 7 nitrogen and oxygen atoms in total.